The van der Waals surface area contributed by atoms with E-state index in [4.69, 9.17) is 9.15 Å². The van der Waals surface area contributed by atoms with Crippen LogP contribution in [0.2, 0.25) is 0 Å². The monoisotopic (exact) mass is 296 g/mol. The summed E-state index contributed by atoms with van der Waals surface area (Å²) >= 11 is 0. The number of hydrogen-bond donors (Lipinski definition) is 0. The Labute approximate surface area is 127 Å². The van der Waals surface area contributed by atoms with E-state index in [1.165, 1.54) is 0 Å². The molecular formula is C15H28N4O2. The van der Waals surface area contributed by atoms with E-state index < -0.39 is 0 Å². The molecule has 1 saturated heterocycles. The number of morpholine rings is 1. The quantitative estimate of drug-likeness (QED) is 0.824. The Hall–Kier alpha value is -0.980. The van der Waals surface area contributed by atoms with Gasteiger partial charge in [-0.2, -0.15) is 0 Å². The van der Waals surface area contributed by atoms with Gasteiger partial charge >= 0.3 is 0 Å². The molecule has 0 aliphatic carbocycles. The molecule has 6 nitrogen and oxygen atoms in total. The van der Waals surface area contributed by atoms with Crippen molar-refractivity contribution >= 4 is 0 Å². The van der Waals surface area contributed by atoms with Crippen molar-refractivity contribution in [3.05, 3.63) is 11.8 Å². The summed E-state index contributed by atoms with van der Waals surface area (Å²) in [4.78, 5) is 4.88. The molecule has 2 heterocycles. The lowest BCUT2D eigenvalue weighted by Crippen LogP contribution is -2.50. The SMILES string of the molecule is Cc1nnc(CN(CCN2CCOC[C@H]2C)C(C)(C)C)o1. The molecule has 0 N–H and O–H groups in total. The van der Waals surface area contributed by atoms with E-state index in [-0.39, 0.29) is 5.54 Å². The van der Waals surface area contributed by atoms with Gasteiger partial charge in [0.05, 0.1) is 19.8 Å². The van der Waals surface area contributed by atoms with E-state index in [9.17, 15) is 0 Å². The molecule has 0 bridgehead atoms. The van der Waals surface area contributed by atoms with Gasteiger partial charge in [0.1, 0.15) is 0 Å². The van der Waals surface area contributed by atoms with Gasteiger partial charge in [0.2, 0.25) is 11.8 Å². The highest BCUT2D eigenvalue weighted by Crippen LogP contribution is 2.17. The van der Waals surface area contributed by atoms with Gasteiger partial charge in [0.15, 0.2) is 0 Å². The molecule has 1 aliphatic heterocycles. The van der Waals surface area contributed by atoms with Crippen LogP contribution in [0.1, 0.15) is 39.5 Å². The predicted molar refractivity (Wildman–Crippen MR) is 81.1 cm³/mol. The molecule has 1 aromatic heterocycles. The average Bonchev–Trinajstić information content (AvgIpc) is 2.80. The van der Waals surface area contributed by atoms with E-state index >= 15 is 0 Å². The molecular weight excluding hydrogens is 268 g/mol. The lowest BCUT2D eigenvalue weighted by atomic mass is 10.1. The summed E-state index contributed by atoms with van der Waals surface area (Å²) in [5.41, 5.74) is 0.0674. The smallest absolute Gasteiger partial charge is 0.230 e. The fourth-order valence-corrected chi connectivity index (χ4v) is 2.56. The lowest BCUT2D eigenvalue weighted by molar-refractivity contribution is -0.0101. The van der Waals surface area contributed by atoms with Crippen LogP contribution in [0.15, 0.2) is 4.42 Å². The topological polar surface area (TPSA) is 54.6 Å². The first-order chi connectivity index (χ1) is 9.86. The van der Waals surface area contributed by atoms with Crippen LogP contribution in [0, 0.1) is 6.92 Å². The van der Waals surface area contributed by atoms with E-state index in [0.29, 0.717) is 24.4 Å². The maximum Gasteiger partial charge on any atom is 0.230 e. The van der Waals surface area contributed by atoms with Crippen molar-refractivity contribution in [2.45, 2.75) is 52.7 Å². The van der Waals surface area contributed by atoms with Gasteiger partial charge in [-0.1, -0.05) is 0 Å². The molecule has 120 valence electrons. The second kappa shape index (κ2) is 6.85. The van der Waals surface area contributed by atoms with Gasteiger partial charge in [0.25, 0.3) is 0 Å². The maximum atomic E-state index is 5.52. The largest absolute Gasteiger partial charge is 0.424 e. The molecule has 21 heavy (non-hydrogen) atoms. The molecule has 0 saturated carbocycles. The van der Waals surface area contributed by atoms with E-state index in [1.807, 2.05) is 6.92 Å². The molecule has 0 aromatic carbocycles. The van der Waals surface area contributed by atoms with Crippen LogP contribution in [-0.2, 0) is 11.3 Å². The second-order valence-corrected chi connectivity index (χ2v) is 6.77. The van der Waals surface area contributed by atoms with Crippen LogP contribution in [-0.4, -0.2) is 64.4 Å². The Bertz CT molecular complexity index is 441. The zero-order valence-electron chi connectivity index (χ0n) is 13.9. The molecule has 0 spiro atoms. The number of nitrogens with zero attached hydrogens (tertiary/aromatic N) is 4. The number of aryl methyl sites for hydroxylation is 1. The highest BCUT2D eigenvalue weighted by Gasteiger charge is 2.25. The van der Waals surface area contributed by atoms with Crippen molar-refractivity contribution in [3.63, 3.8) is 0 Å². The van der Waals surface area contributed by atoms with Gasteiger partial charge in [-0.25, -0.2) is 0 Å². The molecule has 0 radical (unpaired) electrons. The summed E-state index contributed by atoms with van der Waals surface area (Å²) in [6.45, 7) is 16.1. The molecule has 1 atom stereocenters. The van der Waals surface area contributed by atoms with Crippen molar-refractivity contribution in [2.24, 2.45) is 0 Å². The minimum atomic E-state index is 0.0674. The standard InChI is InChI=1S/C15H28N4O2/c1-12-11-20-9-8-18(12)6-7-19(15(3,4)5)10-14-17-16-13(2)21-14/h12H,6-11H2,1-5H3/t12-/m1/s1. The normalized spacial score (nSPS) is 21.1. The second-order valence-electron chi connectivity index (χ2n) is 6.77. The van der Waals surface area contributed by atoms with Crippen LogP contribution in [0.5, 0.6) is 0 Å². The fourth-order valence-electron chi connectivity index (χ4n) is 2.56. The molecule has 0 amide bonds. The number of ether oxygens (including phenoxy) is 1. The highest BCUT2D eigenvalue weighted by molar-refractivity contribution is 4.85. The average molecular weight is 296 g/mol. The molecule has 2 rings (SSSR count). The summed E-state index contributed by atoms with van der Waals surface area (Å²) in [6, 6.07) is 0.492. The highest BCUT2D eigenvalue weighted by atomic mass is 16.5. The number of rotatable bonds is 5. The van der Waals surface area contributed by atoms with E-state index in [2.05, 4.69) is 47.7 Å². The van der Waals surface area contributed by atoms with Gasteiger partial charge < -0.3 is 9.15 Å². The Kier molecular flexibility index (Phi) is 5.35. The fraction of sp³-hybridized carbons (Fsp3) is 0.867. The first kappa shape index (κ1) is 16.4. The summed E-state index contributed by atoms with van der Waals surface area (Å²) in [5, 5.41) is 8.03. The van der Waals surface area contributed by atoms with Crippen molar-refractivity contribution in [3.8, 4) is 0 Å². The maximum absolute atomic E-state index is 5.52. The molecule has 0 unspecified atom stereocenters. The van der Waals surface area contributed by atoms with E-state index in [1.54, 1.807) is 0 Å². The number of aromatic nitrogens is 2. The summed E-state index contributed by atoms with van der Waals surface area (Å²) in [6.07, 6.45) is 0. The Morgan fingerprint density at radius 1 is 1.33 bits per heavy atom. The summed E-state index contributed by atoms with van der Waals surface area (Å²) < 4.78 is 11.0. The molecule has 6 heteroatoms. The van der Waals surface area contributed by atoms with Gasteiger partial charge in [-0.05, 0) is 27.7 Å². The van der Waals surface area contributed by atoms with E-state index in [0.717, 1.165) is 32.8 Å². The van der Waals surface area contributed by atoms with Crippen LogP contribution in [0.3, 0.4) is 0 Å². The lowest BCUT2D eigenvalue weighted by Gasteiger charge is -2.39. The zero-order chi connectivity index (χ0) is 15.5. The van der Waals surface area contributed by atoms with Crippen LogP contribution in [0.25, 0.3) is 0 Å². The van der Waals surface area contributed by atoms with Gasteiger partial charge in [-0.15, -0.1) is 10.2 Å². The molecule has 1 aromatic rings. The third kappa shape index (κ3) is 4.76. The zero-order valence-corrected chi connectivity index (χ0v) is 13.9. The van der Waals surface area contributed by atoms with Crippen molar-refractivity contribution < 1.29 is 9.15 Å². The number of hydrogen-bond acceptors (Lipinski definition) is 6. The third-order valence-corrected chi connectivity index (χ3v) is 4.01. The first-order valence-corrected chi connectivity index (χ1v) is 7.72. The van der Waals surface area contributed by atoms with Crippen LogP contribution < -0.4 is 0 Å². The van der Waals surface area contributed by atoms with Gasteiger partial charge in [-0.3, -0.25) is 9.80 Å². The van der Waals surface area contributed by atoms with Crippen molar-refractivity contribution in [2.75, 3.05) is 32.8 Å². The first-order valence-electron chi connectivity index (χ1n) is 7.72. The Balaban J connectivity index is 1.93. The Morgan fingerprint density at radius 2 is 2.10 bits per heavy atom. The van der Waals surface area contributed by atoms with Crippen molar-refractivity contribution in [1.82, 2.24) is 20.0 Å². The minimum absolute atomic E-state index is 0.0674. The van der Waals surface area contributed by atoms with Crippen LogP contribution in [0.4, 0.5) is 0 Å². The van der Waals surface area contributed by atoms with Crippen LogP contribution >= 0.6 is 0 Å². The van der Waals surface area contributed by atoms with Crippen molar-refractivity contribution in [1.29, 1.82) is 0 Å². The Morgan fingerprint density at radius 3 is 2.67 bits per heavy atom. The summed E-state index contributed by atoms with van der Waals surface area (Å²) in [5.74, 6) is 1.32. The minimum Gasteiger partial charge on any atom is -0.424 e. The third-order valence-electron chi connectivity index (χ3n) is 4.01. The molecule has 1 fully saturated rings. The van der Waals surface area contributed by atoms with Gasteiger partial charge in [0, 0.05) is 38.1 Å². The predicted octanol–water partition coefficient (Wildman–Crippen LogP) is 1.70. The molecule has 1 aliphatic rings. The summed E-state index contributed by atoms with van der Waals surface area (Å²) in [7, 11) is 0.